The highest BCUT2D eigenvalue weighted by atomic mass is 32.2. The number of Topliss-reactive ketones (excluding diaryl/α,β-unsaturated/α-hetero) is 1. The van der Waals surface area contributed by atoms with E-state index in [1.807, 2.05) is 5.38 Å². The molecule has 1 atom stereocenters. The Kier molecular flexibility index (Phi) is 11.7. The number of nitrogens with two attached hydrogens (primary N) is 1. The van der Waals surface area contributed by atoms with E-state index in [4.69, 9.17) is 20.6 Å². The van der Waals surface area contributed by atoms with Gasteiger partial charge in [0.1, 0.15) is 0 Å². The van der Waals surface area contributed by atoms with Gasteiger partial charge in [-0.1, -0.05) is 6.07 Å². The smallest absolute Gasteiger partial charge is 0.311 e. The topological polar surface area (TPSA) is 180 Å². The number of ether oxygens (including phenoxy) is 1. The zero-order valence-electron chi connectivity index (χ0n) is 24.6. The first-order chi connectivity index (χ1) is 21.1. The molecule has 1 fully saturated rings. The molecule has 3 heterocycles. The van der Waals surface area contributed by atoms with Crippen LogP contribution in [0.4, 0.5) is 16.5 Å². The second kappa shape index (κ2) is 15.4. The van der Waals surface area contributed by atoms with E-state index in [0.717, 1.165) is 48.3 Å². The number of nitrogens with zero attached hydrogens (tertiary/aromatic N) is 4. The number of carbonyl (C=O) groups excluding carboxylic acids is 2. The van der Waals surface area contributed by atoms with E-state index >= 15 is 0 Å². The lowest BCUT2D eigenvalue weighted by atomic mass is 10.0. The number of thiazole rings is 1. The number of benzene rings is 1. The Hall–Kier alpha value is -3.57. The number of piperazine rings is 1. The summed E-state index contributed by atoms with van der Waals surface area (Å²) in [6.45, 7) is 6.26. The van der Waals surface area contributed by atoms with Crippen LogP contribution < -0.4 is 20.7 Å². The summed E-state index contributed by atoms with van der Waals surface area (Å²) in [6, 6.07) is 7.91. The lowest BCUT2D eigenvalue weighted by Gasteiger charge is -2.34. The third-order valence-electron chi connectivity index (χ3n) is 6.91. The highest BCUT2D eigenvalue weighted by Crippen LogP contribution is 2.29. The van der Waals surface area contributed by atoms with Crippen LogP contribution in [0.2, 0.25) is 0 Å². The number of thiophene rings is 1. The molecule has 0 aliphatic carbocycles. The highest BCUT2D eigenvalue weighted by molar-refractivity contribution is 7.92. The standard InChI is InChI=1S/C28H37N7O6S3/c1-19(29)30-16-20(27(38)41-2)14-25(37)26-24(6-13-42-26)33-44(39,40)23-5-3-4-21(15-23)31-17-22-18-43-28(32-22)35-9-7-34(8-10-35)11-12-36/h3-6,13,15,18,20,31,33,36H,7-12,14,16-17H2,1-2H3,(H2,29,30)/t20-/m0/s1. The first-order valence-corrected chi connectivity index (χ1v) is 17.2. The zero-order valence-corrected chi connectivity index (χ0v) is 27.0. The van der Waals surface area contributed by atoms with E-state index in [9.17, 15) is 18.0 Å². The molecule has 238 valence electrons. The van der Waals surface area contributed by atoms with Gasteiger partial charge in [0.25, 0.3) is 10.0 Å². The van der Waals surface area contributed by atoms with Crippen LogP contribution in [0, 0.1) is 5.92 Å². The number of amidine groups is 1. The van der Waals surface area contributed by atoms with Crippen LogP contribution >= 0.6 is 22.7 Å². The van der Waals surface area contributed by atoms with Gasteiger partial charge in [0.05, 0.1) is 59.7 Å². The fourth-order valence-electron chi connectivity index (χ4n) is 4.56. The maximum absolute atomic E-state index is 13.3. The monoisotopic (exact) mass is 663 g/mol. The summed E-state index contributed by atoms with van der Waals surface area (Å²) in [4.78, 5) is 38.7. The Morgan fingerprint density at radius 2 is 1.98 bits per heavy atom. The number of methoxy groups -OCH3 is 1. The number of anilines is 3. The van der Waals surface area contributed by atoms with Crippen LogP contribution in [-0.4, -0.2) is 94.0 Å². The van der Waals surface area contributed by atoms with Crippen LogP contribution in [0.15, 0.2) is 51.0 Å². The molecular formula is C28H37N7O6S3. The van der Waals surface area contributed by atoms with E-state index in [1.165, 1.54) is 25.3 Å². The molecule has 0 spiro atoms. The van der Waals surface area contributed by atoms with Crippen molar-refractivity contribution in [2.45, 2.75) is 24.8 Å². The Morgan fingerprint density at radius 3 is 2.68 bits per heavy atom. The second-order valence-electron chi connectivity index (χ2n) is 10.2. The Balaban J connectivity index is 1.38. The van der Waals surface area contributed by atoms with Gasteiger partial charge < -0.3 is 25.8 Å². The maximum atomic E-state index is 13.3. The Morgan fingerprint density at radius 1 is 1.20 bits per heavy atom. The number of ketones is 1. The van der Waals surface area contributed by atoms with Crippen molar-refractivity contribution in [3.05, 3.63) is 51.7 Å². The third-order valence-corrected chi connectivity index (χ3v) is 10.2. The predicted molar refractivity (Wildman–Crippen MR) is 173 cm³/mol. The average Bonchev–Trinajstić information content (AvgIpc) is 3.68. The van der Waals surface area contributed by atoms with Crippen molar-refractivity contribution in [3.63, 3.8) is 0 Å². The van der Waals surface area contributed by atoms with Gasteiger partial charge in [0.2, 0.25) is 0 Å². The van der Waals surface area contributed by atoms with Crippen molar-refractivity contribution in [2.75, 3.05) is 67.9 Å². The second-order valence-corrected chi connectivity index (χ2v) is 13.6. The van der Waals surface area contributed by atoms with Gasteiger partial charge in [0, 0.05) is 50.2 Å². The molecule has 1 aromatic carbocycles. The number of hydrogen-bond acceptors (Lipinski definition) is 13. The van der Waals surface area contributed by atoms with Gasteiger partial charge in [0.15, 0.2) is 10.9 Å². The van der Waals surface area contributed by atoms with Crippen molar-refractivity contribution in [1.82, 2.24) is 9.88 Å². The quantitative estimate of drug-likeness (QED) is 0.0812. The molecule has 0 bridgehead atoms. The summed E-state index contributed by atoms with van der Waals surface area (Å²) in [5, 5.41) is 16.9. The normalized spacial score (nSPS) is 15.2. The number of aromatic nitrogens is 1. The largest absolute Gasteiger partial charge is 0.469 e. The van der Waals surface area contributed by atoms with Gasteiger partial charge in [-0.05, 0) is 36.6 Å². The van der Waals surface area contributed by atoms with E-state index in [2.05, 4.69) is 24.8 Å². The summed E-state index contributed by atoms with van der Waals surface area (Å²) in [5.74, 6) is -1.59. The van der Waals surface area contributed by atoms with Crippen LogP contribution in [0.25, 0.3) is 0 Å². The number of aliphatic imine (C=N–C) groups is 1. The number of rotatable bonds is 15. The SMILES string of the molecule is COC(=O)[C@H](CN=C(C)N)CC(=O)c1sccc1NS(=O)(=O)c1cccc(NCc2csc(N3CCN(CCO)CC3)n2)c1. The van der Waals surface area contributed by atoms with Gasteiger partial charge >= 0.3 is 5.97 Å². The molecule has 2 aromatic heterocycles. The minimum absolute atomic E-state index is 0.0163. The van der Waals surface area contributed by atoms with Crippen LogP contribution in [0.1, 0.15) is 28.7 Å². The Bertz CT molecular complexity index is 1560. The fraction of sp³-hybridized carbons (Fsp3) is 0.429. The number of aliphatic hydroxyl groups excluding tert-OH is 1. The number of esters is 1. The van der Waals surface area contributed by atoms with Gasteiger partial charge in [-0.25, -0.2) is 13.4 Å². The molecule has 1 saturated heterocycles. The van der Waals surface area contributed by atoms with Crippen molar-refractivity contribution < 1.29 is 27.9 Å². The number of nitrogens with one attached hydrogen (secondary N) is 2. The van der Waals surface area contributed by atoms with Crippen LogP contribution in [0.3, 0.4) is 0 Å². The van der Waals surface area contributed by atoms with Gasteiger partial charge in [-0.15, -0.1) is 22.7 Å². The molecule has 0 radical (unpaired) electrons. The number of hydrogen-bond donors (Lipinski definition) is 4. The molecule has 3 aromatic rings. The van der Waals surface area contributed by atoms with E-state index in [0.29, 0.717) is 18.8 Å². The molecule has 0 amide bonds. The third kappa shape index (κ3) is 8.98. The molecule has 16 heteroatoms. The fourth-order valence-corrected chi connectivity index (χ4v) is 7.42. The van der Waals surface area contributed by atoms with Crippen molar-refractivity contribution >= 4 is 66.8 Å². The summed E-state index contributed by atoms with van der Waals surface area (Å²) in [7, 11) is -2.81. The lowest BCUT2D eigenvalue weighted by Crippen LogP contribution is -2.47. The maximum Gasteiger partial charge on any atom is 0.311 e. The molecule has 44 heavy (non-hydrogen) atoms. The summed E-state index contributed by atoms with van der Waals surface area (Å²) in [5.41, 5.74) is 7.15. The van der Waals surface area contributed by atoms with E-state index in [1.54, 1.807) is 35.8 Å². The lowest BCUT2D eigenvalue weighted by molar-refractivity contribution is -0.145. The molecule has 5 N–H and O–H groups in total. The number of sulfonamides is 1. The van der Waals surface area contributed by atoms with Gasteiger partial charge in [-0.3, -0.25) is 24.2 Å². The number of aliphatic hydroxyl groups is 1. The summed E-state index contributed by atoms with van der Waals surface area (Å²) >= 11 is 2.65. The molecule has 13 nitrogen and oxygen atoms in total. The van der Waals surface area contributed by atoms with E-state index in [-0.39, 0.29) is 40.9 Å². The summed E-state index contributed by atoms with van der Waals surface area (Å²) in [6.07, 6.45) is -0.212. The van der Waals surface area contributed by atoms with E-state index < -0.39 is 27.7 Å². The van der Waals surface area contributed by atoms with Crippen LogP contribution in [-0.2, 0) is 26.1 Å². The molecular weight excluding hydrogens is 627 g/mol. The molecule has 4 rings (SSSR count). The molecule has 1 aliphatic rings. The minimum atomic E-state index is -4.04. The number of carbonyl (C=O) groups is 2. The Labute approximate surface area is 264 Å². The molecule has 1 aliphatic heterocycles. The molecule has 0 saturated carbocycles. The first kappa shape index (κ1) is 33.3. The number of β-amino-alcohol motifs (C(OH)–C–C–N with tert-alkyl or cyclic N) is 1. The van der Waals surface area contributed by atoms with Crippen molar-refractivity contribution in [3.8, 4) is 0 Å². The van der Waals surface area contributed by atoms with Crippen molar-refractivity contribution in [1.29, 1.82) is 0 Å². The first-order valence-electron chi connectivity index (χ1n) is 13.9. The predicted octanol–water partition coefficient (Wildman–Crippen LogP) is 2.47. The van der Waals surface area contributed by atoms with Crippen molar-refractivity contribution in [2.24, 2.45) is 16.6 Å². The highest BCUT2D eigenvalue weighted by Gasteiger charge is 2.27. The minimum Gasteiger partial charge on any atom is -0.469 e. The average molecular weight is 664 g/mol. The molecule has 0 unspecified atom stereocenters. The van der Waals surface area contributed by atoms with Gasteiger partial charge in [-0.2, -0.15) is 0 Å². The zero-order chi connectivity index (χ0) is 31.7. The van der Waals surface area contributed by atoms with Crippen LogP contribution in [0.5, 0.6) is 0 Å². The summed E-state index contributed by atoms with van der Waals surface area (Å²) < 4.78 is 33.9.